The van der Waals surface area contributed by atoms with E-state index in [0.29, 0.717) is 11.3 Å². The van der Waals surface area contributed by atoms with E-state index in [-0.39, 0.29) is 6.54 Å². The van der Waals surface area contributed by atoms with Gasteiger partial charge in [-0.2, -0.15) is 13.2 Å². The Kier molecular flexibility index (Phi) is 4.20. The highest BCUT2D eigenvalue weighted by Crippen LogP contribution is 2.28. The fraction of sp³-hybridized carbons (Fsp3) is 0.500. The zero-order valence-corrected chi connectivity index (χ0v) is 11.3. The molecule has 0 bridgehead atoms. The van der Waals surface area contributed by atoms with E-state index < -0.39 is 18.6 Å². The van der Waals surface area contributed by atoms with Crippen LogP contribution in [0.5, 0.6) is 0 Å². The lowest BCUT2D eigenvalue weighted by Crippen LogP contribution is -2.39. The Morgan fingerprint density at radius 1 is 1.40 bits per heavy atom. The summed E-state index contributed by atoms with van der Waals surface area (Å²) in [6.07, 6.45) is -2.58. The lowest BCUT2D eigenvalue weighted by atomic mass is 9.99. The van der Waals surface area contributed by atoms with Gasteiger partial charge in [0.25, 0.3) is 5.91 Å². The minimum absolute atomic E-state index is 0.0298. The number of nitrogens with one attached hydrogen (secondary N) is 1. The molecule has 0 spiro atoms. The highest BCUT2D eigenvalue weighted by Gasteiger charge is 2.33. The zero-order chi connectivity index (χ0) is 14.8. The van der Waals surface area contributed by atoms with Crippen LogP contribution in [0, 0.1) is 0 Å². The molecule has 0 unspecified atom stereocenters. The Balaban J connectivity index is 2.28. The van der Waals surface area contributed by atoms with Crippen LogP contribution in [0.1, 0.15) is 29.3 Å². The Labute approximate surface area is 115 Å². The van der Waals surface area contributed by atoms with Crippen molar-refractivity contribution < 1.29 is 18.0 Å². The molecule has 2 rings (SSSR count). The van der Waals surface area contributed by atoms with Crippen molar-refractivity contribution in [1.29, 1.82) is 0 Å². The summed E-state index contributed by atoms with van der Waals surface area (Å²) in [6.45, 7) is 1.10. The number of nitrogens with zero attached hydrogens (tertiary/aromatic N) is 1. The van der Waals surface area contributed by atoms with Crippen LogP contribution in [-0.4, -0.2) is 36.6 Å². The number of rotatable bonds is 3. The van der Waals surface area contributed by atoms with Gasteiger partial charge >= 0.3 is 6.18 Å². The summed E-state index contributed by atoms with van der Waals surface area (Å²) < 4.78 is 37.5. The van der Waals surface area contributed by atoms with Crippen LogP contribution in [0.3, 0.4) is 0 Å². The molecule has 1 heterocycles. The van der Waals surface area contributed by atoms with Gasteiger partial charge in [-0.15, -0.1) is 0 Å². The first-order chi connectivity index (χ1) is 9.42. The lowest BCUT2D eigenvalue weighted by molar-refractivity contribution is -0.140. The van der Waals surface area contributed by atoms with Crippen LogP contribution in [0.4, 0.5) is 18.9 Å². The number of anilines is 1. The zero-order valence-electron chi connectivity index (χ0n) is 11.3. The molecule has 20 heavy (non-hydrogen) atoms. The van der Waals surface area contributed by atoms with Crippen LogP contribution in [0.25, 0.3) is 0 Å². The number of fused-ring (bicyclic) bond motifs is 1. The third-order valence-electron chi connectivity index (χ3n) is 3.34. The number of hydrogen-bond acceptors (Lipinski definition) is 2. The average Bonchev–Trinajstić information content (AvgIpc) is 2.42. The summed E-state index contributed by atoms with van der Waals surface area (Å²) in [5, 5.41) is 3.13. The highest BCUT2D eigenvalue weighted by molar-refractivity contribution is 6.00. The number of carbonyl (C=O) groups is 1. The highest BCUT2D eigenvalue weighted by atomic mass is 19.4. The second kappa shape index (κ2) is 5.73. The summed E-state index contributed by atoms with van der Waals surface area (Å²) in [7, 11) is 0. The second-order valence-electron chi connectivity index (χ2n) is 4.80. The Morgan fingerprint density at radius 2 is 2.15 bits per heavy atom. The Bertz CT molecular complexity index is 500. The maximum Gasteiger partial charge on any atom is 0.406 e. The van der Waals surface area contributed by atoms with Crippen LogP contribution in [0.15, 0.2) is 18.2 Å². The number of alkyl halides is 3. The van der Waals surface area contributed by atoms with Crippen molar-refractivity contribution in [3.63, 3.8) is 0 Å². The van der Waals surface area contributed by atoms with Crippen LogP contribution >= 0.6 is 0 Å². The van der Waals surface area contributed by atoms with Gasteiger partial charge in [-0.1, -0.05) is 12.1 Å². The molecule has 0 atom stereocenters. The molecule has 110 valence electrons. The molecule has 1 aliphatic heterocycles. The number of amides is 1. The molecule has 0 aliphatic carbocycles. The molecule has 0 radical (unpaired) electrons. The molecule has 1 N–H and O–H groups in total. The number of benzene rings is 1. The number of aryl methyl sites for hydroxylation is 1. The number of carbonyl (C=O) groups excluding carboxylic acids is 1. The molecule has 1 aromatic rings. The molecule has 1 amide bonds. The van der Waals surface area contributed by atoms with Crippen molar-refractivity contribution in [2.45, 2.75) is 25.9 Å². The van der Waals surface area contributed by atoms with Crippen LogP contribution < -0.4 is 5.32 Å². The molecule has 1 aromatic carbocycles. The lowest BCUT2D eigenvalue weighted by Gasteiger charge is -2.26. The predicted molar refractivity (Wildman–Crippen MR) is 70.9 cm³/mol. The second-order valence-corrected chi connectivity index (χ2v) is 4.80. The maximum absolute atomic E-state index is 12.5. The largest absolute Gasteiger partial charge is 0.406 e. The first-order valence-electron chi connectivity index (χ1n) is 6.64. The molecular weight excluding hydrogens is 269 g/mol. The monoisotopic (exact) mass is 286 g/mol. The van der Waals surface area contributed by atoms with Gasteiger partial charge in [0.2, 0.25) is 0 Å². The third-order valence-corrected chi connectivity index (χ3v) is 3.34. The van der Waals surface area contributed by atoms with Gasteiger partial charge in [0.05, 0.1) is 11.3 Å². The molecule has 0 saturated carbocycles. The van der Waals surface area contributed by atoms with E-state index in [9.17, 15) is 18.0 Å². The summed E-state index contributed by atoms with van der Waals surface area (Å²) >= 11 is 0. The fourth-order valence-electron chi connectivity index (χ4n) is 2.40. The first kappa shape index (κ1) is 14.7. The Morgan fingerprint density at radius 3 is 2.80 bits per heavy atom. The van der Waals surface area contributed by atoms with E-state index in [2.05, 4.69) is 5.32 Å². The topological polar surface area (TPSA) is 32.3 Å². The molecule has 6 heteroatoms. The summed E-state index contributed by atoms with van der Waals surface area (Å²) in [5.41, 5.74) is 2.00. The molecule has 0 fully saturated rings. The molecule has 1 aliphatic rings. The van der Waals surface area contributed by atoms with Crippen molar-refractivity contribution in [3.8, 4) is 0 Å². The summed E-state index contributed by atoms with van der Waals surface area (Å²) in [4.78, 5) is 13.1. The van der Waals surface area contributed by atoms with Crippen LogP contribution in [-0.2, 0) is 6.42 Å². The first-order valence-corrected chi connectivity index (χ1v) is 6.64. The van der Waals surface area contributed by atoms with E-state index in [1.165, 1.54) is 0 Å². The smallest absolute Gasteiger partial charge is 0.384 e. The Hall–Kier alpha value is -1.72. The number of para-hydroxylation sites is 1. The summed E-state index contributed by atoms with van der Waals surface area (Å²) in [5.74, 6) is -0.573. The minimum Gasteiger partial charge on any atom is -0.384 e. The molecule has 0 aromatic heterocycles. The number of hydrogen-bond donors (Lipinski definition) is 1. The van der Waals surface area contributed by atoms with Crippen molar-refractivity contribution >= 4 is 11.6 Å². The average molecular weight is 286 g/mol. The molecule has 0 saturated heterocycles. The van der Waals surface area contributed by atoms with Gasteiger partial charge in [0.15, 0.2) is 0 Å². The maximum atomic E-state index is 12.5. The molecule has 3 nitrogen and oxygen atoms in total. The van der Waals surface area contributed by atoms with Crippen molar-refractivity contribution in [2.75, 3.05) is 25.0 Å². The van der Waals surface area contributed by atoms with Gasteiger partial charge in [0, 0.05) is 13.1 Å². The normalized spacial score (nSPS) is 14.4. The van der Waals surface area contributed by atoms with Gasteiger partial charge < -0.3 is 10.2 Å². The van der Waals surface area contributed by atoms with Gasteiger partial charge in [0.1, 0.15) is 6.54 Å². The fourth-order valence-corrected chi connectivity index (χ4v) is 2.40. The van der Waals surface area contributed by atoms with Crippen molar-refractivity contribution in [1.82, 2.24) is 4.90 Å². The number of halogens is 3. The van der Waals surface area contributed by atoms with E-state index >= 15 is 0 Å². The van der Waals surface area contributed by atoms with Crippen molar-refractivity contribution in [2.24, 2.45) is 0 Å². The summed E-state index contributed by atoms with van der Waals surface area (Å²) in [6, 6.07) is 5.21. The SMILES string of the molecule is CCN(CC(F)(F)F)C(=O)c1cccc2c1NCCC2. The van der Waals surface area contributed by atoms with E-state index in [1.54, 1.807) is 19.1 Å². The minimum atomic E-state index is -4.38. The van der Waals surface area contributed by atoms with E-state index in [0.717, 1.165) is 29.8 Å². The molecular formula is C14H17F3N2O. The quantitative estimate of drug-likeness (QED) is 0.926. The predicted octanol–water partition coefficient (Wildman–Crippen LogP) is 3.07. The van der Waals surface area contributed by atoms with Crippen LogP contribution in [0.2, 0.25) is 0 Å². The van der Waals surface area contributed by atoms with Crippen molar-refractivity contribution in [3.05, 3.63) is 29.3 Å². The van der Waals surface area contributed by atoms with E-state index in [4.69, 9.17) is 0 Å². The van der Waals surface area contributed by atoms with Gasteiger partial charge in [-0.05, 0) is 31.4 Å². The standard InChI is InChI=1S/C14H17F3N2O/c1-2-19(9-14(15,16)17)13(20)11-7-3-5-10-6-4-8-18-12(10)11/h3,5,7,18H,2,4,6,8-9H2,1H3. The third kappa shape index (κ3) is 3.23. The van der Waals surface area contributed by atoms with E-state index in [1.807, 2.05) is 6.07 Å². The van der Waals surface area contributed by atoms with Gasteiger partial charge in [-0.25, -0.2) is 0 Å². The van der Waals surface area contributed by atoms with Gasteiger partial charge in [-0.3, -0.25) is 4.79 Å².